The lowest BCUT2D eigenvalue weighted by molar-refractivity contribution is 0.0241. The number of rotatable bonds is 3. The molecule has 2 rings (SSSR count). The second-order valence-corrected chi connectivity index (χ2v) is 8.10. The Morgan fingerprint density at radius 3 is 2.86 bits per heavy atom. The van der Waals surface area contributed by atoms with Gasteiger partial charge in [0.15, 0.2) is 0 Å². The van der Waals surface area contributed by atoms with Crippen molar-refractivity contribution in [1.29, 1.82) is 0 Å². The fraction of sp³-hybridized carbons (Fsp3) is 0.625. The van der Waals surface area contributed by atoms with Gasteiger partial charge >= 0.3 is 6.09 Å². The highest BCUT2D eigenvalue weighted by molar-refractivity contribution is 7.85. The Morgan fingerprint density at radius 1 is 1.50 bits per heavy atom. The van der Waals surface area contributed by atoms with Crippen LogP contribution < -0.4 is 0 Å². The zero-order valence-corrected chi connectivity index (χ0v) is 14.5. The number of carbonyl (C=O) groups excluding carboxylic acids is 1. The molecule has 122 valence electrons. The standard InChI is InChI=1S/C16H24N2O3S/c1-12-7-8-17-14(10-12)22(20)11-13-6-5-9-18(13)15(19)21-16(2,3)4/h7-8,10,13H,5-6,9,11H2,1-4H3/t13-,22-/m0/s1. The first-order valence-corrected chi connectivity index (χ1v) is 8.89. The fourth-order valence-electron chi connectivity index (χ4n) is 2.46. The molecular formula is C16H24N2O3S. The number of likely N-dealkylation sites (tertiary alicyclic amines) is 1. The molecule has 22 heavy (non-hydrogen) atoms. The maximum absolute atomic E-state index is 12.5. The number of pyridine rings is 1. The van der Waals surface area contributed by atoms with Crippen LogP contribution in [-0.4, -0.2) is 44.1 Å². The van der Waals surface area contributed by atoms with Crippen LogP contribution in [0, 0.1) is 6.92 Å². The van der Waals surface area contributed by atoms with Crippen LogP contribution in [0.2, 0.25) is 0 Å². The molecule has 0 saturated carbocycles. The van der Waals surface area contributed by atoms with E-state index < -0.39 is 16.4 Å². The largest absolute Gasteiger partial charge is 0.444 e. The molecule has 0 bridgehead atoms. The molecule has 0 aliphatic carbocycles. The molecule has 2 heterocycles. The Hall–Kier alpha value is -1.43. The maximum Gasteiger partial charge on any atom is 0.410 e. The minimum atomic E-state index is -1.20. The summed E-state index contributed by atoms with van der Waals surface area (Å²) in [4.78, 5) is 18.1. The molecule has 6 heteroatoms. The molecule has 2 atom stereocenters. The number of hydrogen-bond acceptors (Lipinski definition) is 4. The van der Waals surface area contributed by atoms with Crippen LogP contribution in [-0.2, 0) is 15.5 Å². The summed E-state index contributed by atoms with van der Waals surface area (Å²) < 4.78 is 17.9. The van der Waals surface area contributed by atoms with Crippen LogP contribution in [0.4, 0.5) is 4.79 Å². The highest BCUT2D eigenvalue weighted by atomic mass is 32.2. The highest BCUT2D eigenvalue weighted by Crippen LogP contribution is 2.22. The predicted molar refractivity (Wildman–Crippen MR) is 86.2 cm³/mol. The fourth-order valence-corrected chi connectivity index (χ4v) is 3.83. The van der Waals surface area contributed by atoms with Crippen LogP contribution >= 0.6 is 0 Å². The Kier molecular flexibility index (Phi) is 5.21. The molecule has 0 unspecified atom stereocenters. The monoisotopic (exact) mass is 324 g/mol. The normalized spacial score (nSPS) is 20.0. The van der Waals surface area contributed by atoms with Gasteiger partial charge in [0, 0.05) is 18.8 Å². The number of nitrogens with zero attached hydrogens (tertiary/aromatic N) is 2. The summed E-state index contributed by atoms with van der Waals surface area (Å²) >= 11 is 0. The van der Waals surface area contributed by atoms with E-state index in [1.165, 1.54) is 0 Å². The quantitative estimate of drug-likeness (QED) is 0.858. The zero-order valence-electron chi connectivity index (χ0n) is 13.7. The van der Waals surface area contributed by atoms with Gasteiger partial charge in [0.2, 0.25) is 0 Å². The van der Waals surface area contributed by atoms with Crippen LogP contribution in [0.3, 0.4) is 0 Å². The second-order valence-electron chi connectivity index (χ2n) is 6.65. The van der Waals surface area contributed by atoms with E-state index in [4.69, 9.17) is 4.74 Å². The number of aromatic nitrogens is 1. The van der Waals surface area contributed by atoms with Gasteiger partial charge in [-0.05, 0) is 58.2 Å². The SMILES string of the molecule is Cc1ccnc([S@@](=O)C[C@@H]2CCCN2C(=O)OC(C)(C)C)c1. The van der Waals surface area contributed by atoms with Gasteiger partial charge in [0.05, 0.1) is 16.6 Å². The first-order valence-electron chi connectivity index (χ1n) is 7.57. The molecule has 1 amide bonds. The van der Waals surface area contributed by atoms with E-state index >= 15 is 0 Å². The molecule has 1 saturated heterocycles. The summed E-state index contributed by atoms with van der Waals surface area (Å²) in [7, 11) is -1.20. The van der Waals surface area contributed by atoms with Crippen LogP contribution in [0.25, 0.3) is 0 Å². The summed E-state index contributed by atoms with van der Waals surface area (Å²) in [6, 6.07) is 3.67. The summed E-state index contributed by atoms with van der Waals surface area (Å²) in [5.74, 6) is 0.412. The van der Waals surface area contributed by atoms with Gasteiger partial charge in [-0.25, -0.2) is 9.78 Å². The van der Waals surface area contributed by atoms with Crippen molar-refractivity contribution in [1.82, 2.24) is 9.88 Å². The van der Waals surface area contributed by atoms with E-state index in [1.54, 1.807) is 11.1 Å². The summed E-state index contributed by atoms with van der Waals surface area (Å²) in [5, 5.41) is 0.580. The summed E-state index contributed by atoms with van der Waals surface area (Å²) in [6.07, 6.45) is 3.13. The third-order valence-corrected chi connectivity index (χ3v) is 4.85. The van der Waals surface area contributed by atoms with Crippen molar-refractivity contribution in [3.05, 3.63) is 23.9 Å². The average Bonchev–Trinajstić information content (AvgIpc) is 2.85. The lowest BCUT2D eigenvalue weighted by Gasteiger charge is -2.28. The maximum atomic E-state index is 12.5. The predicted octanol–water partition coefficient (Wildman–Crippen LogP) is 2.90. The minimum absolute atomic E-state index is 0.0435. The van der Waals surface area contributed by atoms with Gasteiger partial charge in [-0.3, -0.25) is 4.21 Å². The number of carbonyl (C=O) groups is 1. The van der Waals surface area contributed by atoms with Crippen molar-refractivity contribution in [2.45, 2.75) is 57.2 Å². The van der Waals surface area contributed by atoms with E-state index in [0.29, 0.717) is 17.3 Å². The van der Waals surface area contributed by atoms with Crippen molar-refractivity contribution in [3.8, 4) is 0 Å². The van der Waals surface area contributed by atoms with E-state index in [9.17, 15) is 9.00 Å². The van der Waals surface area contributed by atoms with Crippen LogP contribution in [0.15, 0.2) is 23.4 Å². The Bertz CT molecular complexity index is 569. The van der Waals surface area contributed by atoms with E-state index in [2.05, 4.69) is 4.98 Å². The van der Waals surface area contributed by atoms with Crippen molar-refractivity contribution in [2.24, 2.45) is 0 Å². The van der Waals surface area contributed by atoms with E-state index in [0.717, 1.165) is 18.4 Å². The molecule has 1 fully saturated rings. The summed E-state index contributed by atoms with van der Waals surface area (Å²) in [6.45, 7) is 8.17. The molecule has 1 aromatic rings. The lowest BCUT2D eigenvalue weighted by atomic mass is 10.2. The van der Waals surface area contributed by atoms with Crippen molar-refractivity contribution < 1.29 is 13.7 Å². The van der Waals surface area contributed by atoms with Gasteiger partial charge < -0.3 is 9.64 Å². The number of amides is 1. The lowest BCUT2D eigenvalue weighted by Crippen LogP contribution is -2.42. The molecule has 0 spiro atoms. The van der Waals surface area contributed by atoms with Crippen molar-refractivity contribution in [2.75, 3.05) is 12.3 Å². The molecule has 1 aliphatic rings. The highest BCUT2D eigenvalue weighted by Gasteiger charge is 2.33. The third-order valence-electron chi connectivity index (χ3n) is 3.47. The third kappa shape index (κ3) is 4.53. The van der Waals surface area contributed by atoms with Crippen LogP contribution in [0.1, 0.15) is 39.2 Å². The van der Waals surface area contributed by atoms with Gasteiger partial charge in [0.25, 0.3) is 0 Å². The number of ether oxygens (including phenoxy) is 1. The molecule has 0 aromatic carbocycles. The first kappa shape index (κ1) is 16.9. The van der Waals surface area contributed by atoms with Crippen molar-refractivity contribution in [3.63, 3.8) is 0 Å². The Labute approximate surface area is 134 Å². The molecule has 1 aromatic heterocycles. The topological polar surface area (TPSA) is 59.5 Å². The molecule has 0 radical (unpaired) electrons. The number of hydrogen-bond donors (Lipinski definition) is 0. The van der Waals surface area contributed by atoms with Gasteiger partial charge in [-0.15, -0.1) is 0 Å². The Morgan fingerprint density at radius 2 is 2.23 bits per heavy atom. The smallest absolute Gasteiger partial charge is 0.410 e. The molecule has 1 aliphatic heterocycles. The number of aryl methyl sites for hydroxylation is 1. The van der Waals surface area contributed by atoms with E-state index in [-0.39, 0.29) is 12.1 Å². The van der Waals surface area contributed by atoms with Gasteiger partial charge in [-0.2, -0.15) is 0 Å². The molecular weight excluding hydrogens is 300 g/mol. The second kappa shape index (κ2) is 6.77. The minimum Gasteiger partial charge on any atom is -0.444 e. The average molecular weight is 324 g/mol. The Balaban J connectivity index is 2.02. The molecule has 0 N–H and O–H groups in total. The van der Waals surface area contributed by atoms with Gasteiger partial charge in [0.1, 0.15) is 10.6 Å². The first-order chi connectivity index (χ1) is 10.3. The van der Waals surface area contributed by atoms with E-state index in [1.807, 2.05) is 39.8 Å². The van der Waals surface area contributed by atoms with Gasteiger partial charge in [-0.1, -0.05) is 0 Å². The van der Waals surface area contributed by atoms with Crippen molar-refractivity contribution >= 4 is 16.9 Å². The zero-order chi connectivity index (χ0) is 16.3. The summed E-state index contributed by atoms with van der Waals surface area (Å²) in [5.41, 5.74) is 0.523. The molecule has 5 nitrogen and oxygen atoms in total. The van der Waals surface area contributed by atoms with Crippen LogP contribution in [0.5, 0.6) is 0 Å².